The predicted molar refractivity (Wildman–Crippen MR) is 97.6 cm³/mol. The first kappa shape index (κ1) is 17.6. The summed E-state index contributed by atoms with van der Waals surface area (Å²) in [6, 6.07) is 6.37. The SMILES string of the molecule is O=C(CC1COCCN1)NCC1(c2ccc3c(c2)OCO3)CCCCC1. The van der Waals surface area contributed by atoms with Gasteiger partial charge in [-0.15, -0.1) is 0 Å². The van der Waals surface area contributed by atoms with E-state index in [0.29, 0.717) is 26.4 Å². The van der Waals surface area contributed by atoms with Gasteiger partial charge in [0.05, 0.1) is 13.2 Å². The van der Waals surface area contributed by atoms with Gasteiger partial charge >= 0.3 is 0 Å². The zero-order valence-electron chi connectivity index (χ0n) is 15.2. The molecule has 2 aliphatic heterocycles. The van der Waals surface area contributed by atoms with Crippen molar-refractivity contribution >= 4 is 5.91 Å². The Labute approximate surface area is 154 Å². The second-order valence-electron chi connectivity index (χ2n) is 7.62. The molecular formula is C20H28N2O4. The van der Waals surface area contributed by atoms with Crippen LogP contribution in [0, 0.1) is 0 Å². The van der Waals surface area contributed by atoms with Gasteiger partial charge in [-0.1, -0.05) is 25.3 Å². The molecule has 1 amide bonds. The van der Waals surface area contributed by atoms with Crippen molar-refractivity contribution in [1.29, 1.82) is 0 Å². The van der Waals surface area contributed by atoms with Gasteiger partial charge in [0.1, 0.15) is 0 Å². The van der Waals surface area contributed by atoms with Crippen molar-refractivity contribution in [2.45, 2.75) is 50.0 Å². The topological polar surface area (TPSA) is 68.8 Å². The summed E-state index contributed by atoms with van der Waals surface area (Å²) in [5.41, 5.74) is 1.24. The van der Waals surface area contributed by atoms with Gasteiger partial charge in [0.2, 0.25) is 12.7 Å². The molecule has 1 aliphatic carbocycles. The number of morpholine rings is 1. The number of hydrogen-bond donors (Lipinski definition) is 2. The van der Waals surface area contributed by atoms with Gasteiger partial charge in [-0.3, -0.25) is 4.79 Å². The van der Waals surface area contributed by atoms with Crippen molar-refractivity contribution in [1.82, 2.24) is 10.6 Å². The van der Waals surface area contributed by atoms with E-state index in [0.717, 1.165) is 37.5 Å². The van der Waals surface area contributed by atoms with Gasteiger partial charge in [0, 0.05) is 31.0 Å². The van der Waals surface area contributed by atoms with E-state index in [4.69, 9.17) is 14.2 Å². The minimum Gasteiger partial charge on any atom is -0.454 e. The van der Waals surface area contributed by atoms with E-state index >= 15 is 0 Å². The molecule has 1 saturated heterocycles. The Balaban J connectivity index is 1.43. The van der Waals surface area contributed by atoms with Crippen LogP contribution in [0.15, 0.2) is 18.2 Å². The largest absolute Gasteiger partial charge is 0.454 e. The molecule has 2 N–H and O–H groups in total. The highest BCUT2D eigenvalue weighted by molar-refractivity contribution is 5.76. The number of nitrogens with one attached hydrogen (secondary N) is 2. The Bertz CT molecular complexity index is 637. The molecule has 0 aromatic heterocycles. The highest BCUT2D eigenvalue weighted by Crippen LogP contribution is 2.43. The molecule has 26 heavy (non-hydrogen) atoms. The maximum Gasteiger partial charge on any atom is 0.231 e. The Morgan fingerprint density at radius 3 is 2.85 bits per heavy atom. The molecule has 2 heterocycles. The summed E-state index contributed by atoms with van der Waals surface area (Å²) in [6.07, 6.45) is 6.32. The number of rotatable bonds is 5. The lowest BCUT2D eigenvalue weighted by Crippen LogP contribution is -2.47. The highest BCUT2D eigenvalue weighted by atomic mass is 16.7. The fourth-order valence-corrected chi connectivity index (χ4v) is 4.34. The summed E-state index contributed by atoms with van der Waals surface area (Å²) >= 11 is 0. The lowest BCUT2D eigenvalue weighted by atomic mass is 9.69. The number of ether oxygens (including phenoxy) is 3. The number of fused-ring (bicyclic) bond motifs is 1. The molecule has 6 nitrogen and oxygen atoms in total. The van der Waals surface area contributed by atoms with E-state index in [-0.39, 0.29) is 17.4 Å². The van der Waals surface area contributed by atoms with Crippen molar-refractivity contribution in [2.75, 3.05) is 33.1 Å². The lowest BCUT2D eigenvalue weighted by molar-refractivity contribution is -0.122. The fraction of sp³-hybridized carbons (Fsp3) is 0.650. The Hall–Kier alpha value is -1.79. The molecule has 0 radical (unpaired) electrons. The van der Waals surface area contributed by atoms with Crippen LogP contribution in [0.1, 0.15) is 44.1 Å². The molecule has 4 rings (SSSR count). The average molecular weight is 360 g/mol. The first-order valence-electron chi connectivity index (χ1n) is 9.73. The smallest absolute Gasteiger partial charge is 0.231 e. The summed E-state index contributed by atoms with van der Waals surface area (Å²) in [7, 11) is 0. The summed E-state index contributed by atoms with van der Waals surface area (Å²) in [5.74, 6) is 1.73. The van der Waals surface area contributed by atoms with E-state index in [2.05, 4.69) is 22.8 Å². The summed E-state index contributed by atoms with van der Waals surface area (Å²) in [6.45, 7) is 3.13. The minimum atomic E-state index is -0.00855. The highest BCUT2D eigenvalue weighted by Gasteiger charge is 2.35. The van der Waals surface area contributed by atoms with Gasteiger partial charge in [0.25, 0.3) is 0 Å². The summed E-state index contributed by atoms with van der Waals surface area (Å²) in [4.78, 5) is 12.5. The van der Waals surface area contributed by atoms with Gasteiger partial charge in [-0.25, -0.2) is 0 Å². The van der Waals surface area contributed by atoms with Crippen molar-refractivity contribution in [3.63, 3.8) is 0 Å². The maximum atomic E-state index is 12.5. The predicted octanol–water partition coefficient (Wildman–Crippen LogP) is 2.11. The van der Waals surface area contributed by atoms with Crippen LogP contribution in [0.2, 0.25) is 0 Å². The van der Waals surface area contributed by atoms with Crippen LogP contribution in [0.3, 0.4) is 0 Å². The minimum absolute atomic E-state index is 0.00855. The van der Waals surface area contributed by atoms with Crippen LogP contribution in [0.5, 0.6) is 11.5 Å². The molecule has 1 saturated carbocycles. The third kappa shape index (κ3) is 3.81. The van der Waals surface area contributed by atoms with Crippen molar-refractivity contribution in [2.24, 2.45) is 0 Å². The second-order valence-corrected chi connectivity index (χ2v) is 7.62. The zero-order valence-corrected chi connectivity index (χ0v) is 15.2. The maximum absolute atomic E-state index is 12.5. The summed E-state index contributed by atoms with van der Waals surface area (Å²) < 4.78 is 16.5. The molecule has 1 aromatic rings. The molecule has 1 aromatic carbocycles. The number of hydrogen-bond acceptors (Lipinski definition) is 5. The van der Waals surface area contributed by atoms with Gasteiger partial charge in [-0.2, -0.15) is 0 Å². The number of carbonyl (C=O) groups excluding carboxylic acids is 1. The van der Waals surface area contributed by atoms with E-state index in [1.807, 2.05) is 6.07 Å². The molecular weight excluding hydrogens is 332 g/mol. The monoisotopic (exact) mass is 360 g/mol. The Kier molecular flexibility index (Phi) is 5.31. The average Bonchev–Trinajstić information content (AvgIpc) is 3.16. The molecule has 2 fully saturated rings. The van der Waals surface area contributed by atoms with Crippen LogP contribution in [0.4, 0.5) is 0 Å². The van der Waals surface area contributed by atoms with Crippen LogP contribution in [0.25, 0.3) is 0 Å². The molecule has 142 valence electrons. The van der Waals surface area contributed by atoms with Crippen LogP contribution in [-0.4, -0.2) is 45.0 Å². The first-order chi connectivity index (χ1) is 12.8. The van der Waals surface area contributed by atoms with Gasteiger partial charge in [0.15, 0.2) is 11.5 Å². The summed E-state index contributed by atoms with van der Waals surface area (Å²) in [5, 5.41) is 6.54. The van der Waals surface area contributed by atoms with Gasteiger partial charge < -0.3 is 24.8 Å². The fourth-order valence-electron chi connectivity index (χ4n) is 4.34. The van der Waals surface area contributed by atoms with E-state index in [1.165, 1.54) is 24.8 Å². The number of benzene rings is 1. The third-order valence-electron chi connectivity index (χ3n) is 5.85. The Morgan fingerprint density at radius 1 is 1.19 bits per heavy atom. The van der Waals surface area contributed by atoms with Crippen LogP contribution < -0.4 is 20.1 Å². The van der Waals surface area contributed by atoms with Gasteiger partial charge in [-0.05, 0) is 30.5 Å². The number of amides is 1. The number of carbonyl (C=O) groups is 1. The van der Waals surface area contributed by atoms with Crippen molar-refractivity contribution < 1.29 is 19.0 Å². The van der Waals surface area contributed by atoms with Crippen LogP contribution in [-0.2, 0) is 14.9 Å². The van der Waals surface area contributed by atoms with E-state index in [1.54, 1.807) is 0 Å². The second kappa shape index (κ2) is 7.84. The van der Waals surface area contributed by atoms with E-state index in [9.17, 15) is 4.79 Å². The third-order valence-corrected chi connectivity index (χ3v) is 5.85. The Morgan fingerprint density at radius 2 is 2.04 bits per heavy atom. The molecule has 0 spiro atoms. The van der Waals surface area contributed by atoms with Crippen molar-refractivity contribution in [3.05, 3.63) is 23.8 Å². The molecule has 0 bridgehead atoms. The first-order valence-corrected chi connectivity index (χ1v) is 9.73. The molecule has 6 heteroatoms. The van der Waals surface area contributed by atoms with Crippen LogP contribution >= 0.6 is 0 Å². The normalized spacial score (nSPS) is 24.2. The van der Waals surface area contributed by atoms with Crippen molar-refractivity contribution in [3.8, 4) is 11.5 Å². The molecule has 1 unspecified atom stereocenters. The standard InChI is InChI=1S/C20H28N2O4/c23-19(11-16-12-24-9-8-21-16)22-13-20(6-2-1-3-7-20)15-4-5-17-18(10-15)26-14-25-17/h4-5,10,16,21H,1-3,6-9,11-14H2,(H,22,23). The molecule has 3 aliphatic rings. The lowest BCUT2D eigenvalue weighted by Gasteiger charge is -2.38. The quantitative estimate of drug-likeness (QED) is 0.842. The van der Waals surface area contributed by atoms with E-state index < -0.39 is 0 Å². The zero-order chi connectivity index (χ0) is 17.8. The molecule has 1 atom stereocenters.